The van der Waals surface area contributed by atoms with E-state index in [0.717, 1.165) is 11.1 Å². The van der Waals surface area contributed by atoms with Crippen LogP contribution in [0.15, 0.2) is 41.5 Å². The number of hydrazine groups is 1. The summed E-state index contributed by atoms with van der Waals surface area (Å²) in [5, 5.41) is 9.33. The lowest BCUT2D eigenvalue weighted by atomic mass is 9.76. The fraction of sp³-hybridized carbons (Fsp3) is 0.353. The van der Waals surface area contributed by atoms with Crippen molar-refractivity contribution < 1.29 is 19.5 Å². The Kier molecular flexibility index (Phi) is 5.16. The van der Waals surface area contributed by atoms with Gasteiger partial charge >= 0.3 is 5.97 Å². The van der Waals surface area contributed by atoms with Gasteiger partial charge in [0.05, 0.1) is 11.8 Å². The fourth-order valence-corrected chi connectivity index (χ4v) is 2.70. The average molecular weight is 316 g/mol. The molecule has 1 aliphatic rings. The molecule has 3 N–H and O–H groups in total. The van der Waals surface area contributed by atoms with E-state index in [1.165, 1.54) is 0 Å². The van der Waals surface area contributed by atoms with Gasteiger partial charge in [0, 0.05) is 5.56 Å². The van der Waals surface area contributed by atoms with E-state index in [1.54, 1.807) is 30.3 Å². The van der Waals surface area contributed by atoms with E-state index >= 15 is 0 Å². The van der Waals surface area contributed by atoms with Crippen LogP contribution < -0.4 is 10.9 Å². The van der Waals surface area contributed by atoms with E-state index in [1.807, 2.05) is 13.8 Å². The Balaban J connectivity index is 2.02. The molecule has 0 saturated carbocycles. The summed E-state index contributed by atoms with van der Waals surface area (Å²) in [6.45, 7) is 3.78. The molecule has 23 heavy (non-hydrogen) atoms. The summed E-state index contributed by atoms with van der Waals surface area (Å²) < 4.78 is 0. The van der Waals surface area contributed by atoms with Gasteiger partial charge in [-0.25, -0.2) is 0 Å². The standard InChI is InChI=1S/C17H20N2O4/c1-10-8-13(14(17(22)23)9-11(10)2)16(21)19-18-15(20)12-6-4-3-5-7-12/h3-7,13-14H,8-9H2,1-2H3,(H,18,20)(H,19,21)(H,22,23)/t13-,14-/m0/s1. The highest BCUT2D eigenvalue weighted by Crippen LogP contribution is 2.34. The molecule has 2 rings (SSSR count). The van der Waals surface area contributed by atoms with E-state index in [2.05, 4.69) is 10.9 Å². The molecule has 122 valence electrons. The van der Waals surface area contributed by atoms with Crippen molar-refractivity contribution in [3.63, 3.8) is 0 Å². The minimum atomic E-state index is -0.994. The molecule has 6 nitrogen and oxygen atoms in total. The zero-order chi connectivity index (χ0) is 17.0. The molecule has 0 radical (unpaired) electrons. The third-order valence-electron chi connectivity index (χ3n) is 4.26. The molecule has 1 aromatic carbocycles. The Morgan fingerprint density at radius 1 is 0.957 bits per heavy atom. The first-order valence-electron chi connectivity index (χ1n) is 7.43. The van der Waals surface area contributed by atoms with Crippen LogP contribution in [0, 0.1) is 11.8 Å². The molecule has 0 bridgehead atoms. The summed E-state index contributed by atoms with van der Waals surface area (Å²) in [7, 11) is 0. The second-order valence-electron chi connectivity index (χ2n) is 5.83. The Morgan fingerprint density at radius 2 is 1.52 bits per heavy atom. The maximum Gasteiger partial charge on any atom is 0.307 e. The summed E-state index contributed by atoms with van der Waals surface area (Å²) in [4.78, 5) is 35.6. The van der Waals surface area contributed by atoms with Gasteiger partial charge in [-0.05, 0) is 38.8 Å². The lowest BCUT2D eigenvalue weighted by Crippen LogP contribution is -2.48. The van der Waals surface area contributed by atoms with Crippen molar-refractivity contribution in [2.75, 3.05) is 0 Å². The molecular weight excluding hydrogens is 296 g/mol. The van der Waals surface area contributed by atoms with Gasteiger partial charge < -0.3 is 5.11 Å². The summed E-state index contributed by atoms with van der Waals surface area (Å²) in [6, 6.07) is 8.47. The summed E-state index contributed by atoms with van der Waals surface area (Å²) in [5.41, 5.74) is 7.13. The van der Waals surface area contributed by atoms with Crippen molar-refractivity contribution in [3.05, 3.63) is 47.0 Å². The van der Waals surface area contributed by atoms with Crippen LogP contribution in [0.25, 0.3) is 0 Å². The quantitative estimate of drug-likeness (QED) is 0.586. The Hall–Kier alpha value is -2.63. The first-order chi connectivity index (χ1) is 10.9. The number of rotatable bonds is 3. The first-order valence-corrected chi connectivity index (χ1v) is 7.43. The maximum atomic E-state index is 12.3. The summed E-state index contributed by atoms with van der Waals surface area (Å²) in [5.74, 6) is -3.37. The van der Waals surface area contributed by atoms with Crippen LogP contribution in [0.5, 0.6) is 0 Å². The van der Waals surface area contributed by atoms with Crippen LogP contribution >= 0.6 is 0 Å². The third-order valence-corrected chi connectivity index (χ3v) is 4.26. The van der Waals surface area contributed by atoms with Crippen LogP contribution in [-0.2, 0) is 9.59 Å². The zero-order valence-electron chi connectivity index (χ0n) is 13.1. The number of nitrogens with one attached hydrogen (secondary N) is 2. The van der Waals surface area contributed by atoms with Gasteiger partial charge in [-0.3, -0.25) is 25.2 Å². The molecule has 0 aliphatic heterocycles. The number of carboxylic acids is 1. The van der Waals surface area contributed by atoms with Crippen molar-refractivity contribution >= 4 is 17.8 Å². The number of hydrogen-bond acceptors (Lipinski definition) is 3. The molecule has 1 aromatic rings. The summed E-state index contributed by atoms with van der Waals surface area (Å²) >= 11 is 0. The molecule has 0 aromatic heterocycles. The molecule has 2 atom stereocenters. The summed E-state index contributed by atoms with van der Waals surface area (Å²) in [6.07, 6.45) is 0.738. The molecule has 1 aliphatic carbocycles. The van der Waals surface area contributed by atoms with Crippen LogP contribution in [0.4, 0.5) is 0 Å². The lowest BCUT2D eigenvalue weighted by Gasteiger charge is -2.29. The largest absolute Gasteiger partial charge is 0.481 e. The van der Waals surface area contributed by atoms with Crippen molar-refractivity contribution in [1.82, 2.24) is 10.9 Å². The lowest BCUT2D eigenvalue weighted by molar-refractivity contribution is -0.147. The smallest absolute Gasteiger partial charge is 0.307 e. The second-order valence-corrected chi connectivity index (χ2v) is 5.83. The van der Waals surface area contributed by atoms with Gasteiger partial charge in [0.2, 0.25) is 5.91 Å². The van der Waals surface area contributed by atoms with Crippen molar-refractivity contribution in [1.29, 1.82) is 0 Å². The topological polar surface area (TPSA) is 95.5 Å². The normalized spacial score (nSPS) is 20.8. The van der Waals surface area contributed by atoms with E-state index in [9.17, 15) is 19.5 Å². The van der Waals surface area contributed by atoms with Gasteiger partial charge in [0.1, 0.15) is 0 Å². The van der Waals surface area contributed by atoms with Gasteiger partial charge in [-0.15, -0.1) is 0 Å². The highest BCUT2D eigenvalue weighted by Gasteiger charge is 2.37. The van der Waals surface area contributed by atoms with Crippen molar-refractivity contribution in [2.45, 2.75) is 26.7 Å². The number of amides is 2. The Labute approximate surface area is 134 Å². The predicted molar refractivity (Wildman–Crippen MR) is 84.3 cm³/mol. The monoisotopic (exact) mass is 316 g/mol. The zero-order valence-corrected chi connectivity index (χ0v) is 13.1. The SMILES string of the molecule is CC1=C(C)C[C@H](C(=O)NNC(=O)c2ccccc2)[C@@H](C(=O)O)C1. The first kappa shape index (κ1) is 16.7. The van der Waals surface area contributed by atoms with Crippen LogP contribution in [-0.4, -0.2) is 22.9 Å². The minimum absolute atomic E-state index is 0.353. The Bertz CT molecular complexity index is 652. The highest BCUT2D eigenvalue weighted by atomic mass is 16.4. The number of benzene rings is 1. The van der Waals surface area contributed by atoms with Crippen LogP contribution in [0.2, 0.25) is 0 Å². The number of carboxylic acid groups (broad SMARTS) is 1. The number of carbonyl (C=O) groups excluding carboxylic acids is 2. The number of carbonyl (C=O) groups is 3. The molecule has 0 heterocycles. The fourth-order valence-electron chi connectivity index (χ4n) is 2.70. The predicted octanol–water partition coefficient (Wildman–Crippen LogP) is 1.89. The van der Waals surface area contributed by atoms with Gasteiger partial charge in [-0.1, -0.05) is 29.3 Å². The molecule has 2 amide bonds. The van der Waals surface area contributed by atoms with Crippen LogP contribution in [0.1, 0.15) is 37.0 Å². The highest BCUT2D eigenvalue weighted by molar-refractivity contribution is 5.96. The molecule has 0 unspecified atom stereocenters. The minimum Gasteiger partial charge on any atom is -0.481 e. The second kappa shape index (κ2) is 7.09. The number of allylic oxidation sites excluding steroid dienone is 2. The molecule has 6 heteroatoms. The van der Waals surface area contributed by atoms with Gasteiger partial charge in [0.25, 0.3) is 5.91 Å². The van der Waals surface area contributed by atoms with E-state index in [4.69, 9.17) is 0 Å². The molecule has 0 spiro atoms. The van der Waals surface area contributed by atoms with E-state index in [0.29, 0.717) is 18.4 Å². The van der Waals surface area contributed by atoms with E-state index in [-0.39, 0.29) is 0 Å². The maximum absolute atomic E-state index is 12.3. The molecule has 0 saturated heterocycles. The Morgan fingerprint density at radius 3 is 2.09 bits per heavy atom. The van der Waals surface area contributed by atoms with Crippen molar-refractivity contribution in [2.24, 2.45) is 11.8 Å². The number of hydrogen-bond donors (Lipinski definition) is 3. The van der Waals surface area contributed by atoms with Crippen LogP contribution in [0.3, 0.4) is 0 Å². The van der Waals surface area contributed by atoms with Gasteiger partial charge in [-0.2, -0.15) is 0 Å². The third kappa shape index (κ3) is 3.97. The van der Waals surface area contributed by atoms with E-state index < -0.39 is 29.6 Å². The van der Waals surface area contributed by atoms with Gasteiger partial charge in [0.15, 0.2) is 0 Å². The average Bonchev–Trinajstić information content (AvgIpc) is 2.55. The van der Waals surface area contributed by atoms with Crippen molar-refractivity contribution in [3.8, 4) is 0 Å². The number of aliphatic carboxylic acids is 1. The molecule has 0 fully saturated rings. The molecular formula is C17H20N2O4.